The van der Waals surface area contributed by atoms with Crippen LogP contribution in [0, 0.1) is 5.92 Å². The number of benzene rings is 1. The molecule has 0 bridgehead atoms. The van der Waals surface area contributed by atoms with Crippen LogP contribution in [-0.2, 0) is 11.3 Å². The van der Waals surface area contributed by atoms with Crippen molar-refractivity contribution >= 4 is 11.8 Å². The lowest BCUT2D eigenvalue weighted by atomic mass is 9.95. The zero-order chi connectivity index (χ0) is 16.8. The lowest BCUT2D eigenvalue weighted by molar-refractivity contribution is -0.126. The molecular weight excluding hydrogens is 302 g/mol. The number of amides is 2. The molecule has 1 aliphatic rings. The van der Waals surface area contributed by atoms with Crippen LogP contribution < -0.4 is 5.32 Å². The summed E-state index contributed by atoms with van der Waals surface area (Å²) >= 11 is 0. The Hall–Kier alpha value is -2.69. The number of nitrogens with zero attached hydrogens (tertiary/aromatic N) is 2. The summed E-state index contributed by atoms with van der Waals surface area (Å²) in [5.41, 5.74) is 1.55. The molecule has 1 N–H and O–H groups in total. The summed E-state index contributed by atoms with van der Waals surface area (Å²) in [6.07, 6.45) is 3.12. The molecule has 2 amide bonds. The Bertz CT molecular complexity index is 680. The Morgan fingerprint density at radius 1 is 1.04 bits per heavy atom. The third-order valence-corrected chi connectivity index (χ3v) is 4.34. The van der Waals surface area contributed by atoms with E-state index in [9.17, 15) is 9.59 Å². The molecule has 3 rings (SSSR count). The Balaban J connectivity index is 1.48. The van der Waals surface area contributed by atoms with Crippen LogP contribution in [0.25, 0.3) is 0 Å². The summed E-state index contributed by atoms with van der Waals surface area (Å²) in [4.78, 5) is 30.7. The molecule has 24 heavy (non-hydrogen) atoms. The van der Waals surface area contributed by atoms with Gasteiger partial charge in [-0.05, 0) is 37.1 Å². The molecule has 2 heterocycles. The van der Waals surface area contributed by atoms with E-state index < -0.39 is 0 Å². The van der Waals surface area contributed by atoms with Crippen LogP contribution in [-0.4, -0.2) is 34.8 Å². The maximum atomic E-state index is 12.4. The fourth-order valence-electron chi connectivity index (χ4n) is 2.93. The number of hydrogen-bond acceptors (Lipinski definition) is 3. The van der Waals surface area contributed by atoms with Crippen molar-refractivity contribution in [3.63, 3.8) is 0 Å². The summed E-state index contributed by atoms with van der Waals surface area (Å²) < 4.78 is 0. The maximum Gasteiger partial charge on any atom is 0.253 e. The summed E-state index contributed by atoms with van der Waals surface area (Å²) in [6.45, 7) is 1.69. The van der Waals surface area contributed by atoms with E-state index in [2.05, 4.69) is 10.3 Å². The van der Waals surface area contributed by atoms with Gasteiger partial charge < -0.3 is 10.2 Å². The number of carbonyl (C=O) groups is 2. The molecule has 1 aliphatic heterocycles. The van der Waals surface area contributed by atoms with E-state index in [1.165, 1.54) is 0 Å². The van der Waals surface area contributed by atoms with Crippen LogP contribution in [0.5, 0.6) is 0 Å². The van der Waals surface area contributed by atoms with Gasteiger partial charge in [0.25, 0.3) is 5.91 Å². The number of hydrogen-bond donors (Lipinski definition) is 1. The highest BCUT2D eigenvalue weighted by molar-refractivity contribution is 5.94. The van der Waals surface area contributed by atoms with E-state index in [1.807, 2.05) is 53.4 Å². The van der Waals surface area contributed by atoms with Crippen LogP contribution in [0.1, 0.15) is 28.9 Å². The van der Waals surface area contributed by atoms with E-state index >= 15 is 0 Å². The first kappa shape index (κ1) is 16.2. The minimum absolute atomic E-state index is 0.0338. The van der Waals surface area contributed by atoms with Crippen molar-refractivity contribution in [3.05, 3.63) is 66.0 Å². The summed E-state index contributed by atoms with van der Waals surface area (Å²) in [5, 5.41) is 2.94. The summed E-state index contributed by atoms with van der Waals surface area (Å²) in [6, 6.07) is 14.9. The van der Waals surface area contributed by atoms with Gasteiger partial charge in [-0.25, -0.2) is 0 Å². The second-order valence-electron chi connectivity index (χ2n) is 5.97. The standard InChI is InChI=1S/C19H21N3O2/c23-18(21-14-17-8-4-5-11-20-17)15-9-12-22(13-10-15)19(24)16-6-2-1-3-7-16/h1-8,11,15H,9-10,12-14H2,(H,21,23). The number of nitrogens with one attached hydrogen (secondary N) is 1. The molecule has 0 unspecified atom stereocenters. The van der Waals surface area contributed by atoms with Gasteiger partial charge >= 0.3 is 0 Å². The van der Waals surface area contributed by atoms with Crippen LogP contribution >= 0.6 is 0 Å². The van der Waals surface area contributed by atoms with Crippen molar-refractivity contribution in [1.29, 1.82) is 0 Å². The third-order valence-electron chi connectivity index (χ3n) is 4.34. The van der Waals surface area contributed by atoms with Gasteiger partial charge in [-0.3, -0.25) is 14.6 Å². The van der Waals surface area contributed by atoms with Crippen molar-refractivity contribution in [1.82, 2.24) is 15.2 Å². The zero-order valence-corrected chi connectivity index (χ0v) is 13.5. The molecule has 1 aromatic heterocycles. The molecule has 0 aliphatic carbocycles. The van der Waals surface area contributed by atoms with Crippen molar-refractivity contribution in [3.8, 4) is 0 Å². The first-order chi connectivity index (χ1) is 11.7. The fraction of sp³-hybridized carbons (Fsp3) is 0.316. The SMILES string of the molecule is O=C(NCc1ccccn1)C1CCN(C(=O)c2ccccc2)CC1. The Kier molecular flexibility index (Phi) is 5.21. The van der Waals surface area contributed by atoms with Gasteiger partial charge in [0.2, 0.25) is 5.91 Å². The number of rotatable bonds is 4. The van der Waals surface area contributed by atoms with E-state index in [1.54, 1.807) is 6.20 Å². The quantitative estimate of drug-likeness (QED) is 0.939. The molecule has 0 atom stereocenters. The third kappa shape index (κ3) is 3.98. The van der Waals surface area contributed by atoms with E-state index in [0.717, 1.165) is 5.69 Å². The zero-order valence-electron chi connectivity index (χ0n) is 13.5. The van der Waals surface area contributed by atoms with Gasteiger partial charge in [0.05, 0.1) is 12.2 Å². The van der Waals surface area contributed by atoms with Gasteiger partial charge in [0, 0.05) is 30.8 Å². The molecule has 5 nitrogen and oxygen atoms in total. The minimum Gasteiger partial charge on any atom is -0.350 e. The second kappa shape index (κ2) is 7.73. The predicted molar refractivity (Wildman–Crippen MR) is 91.2 cm³/mol. The average molecular weight is 323 g/mol. The highest BCUT2D eigenvalue weighted by Crippen LogP contribution is 2.19. The Morgan fingerprint density at radius 3 is 2.42 bits per heavy atom. The molecule has 1 fully saturated rings. The Morgan fingerprint density at radius 2 is 1.75 bits per heavy atom. The first-order valence-electron chi connectivity index (χ1n) is 8.26. The number of pyridine rings is 1. The van der Waals surface area contributed by atoms with Crippen LogP contribution in [0.15, 0.2) is 54.7 Å². The molecular formula is C19H21N3O2. The molecule has 5 heteroatoms. The number of aromatic nitrogens is 1. The molecule has 1 aromatic carbocycles. The maximum absolute atomic E-state index is 12.4. The van der Waals surface area contributed by atoms with Gasteiger partial charge in [0.1, 0.15) is 0 Å². The molecule has 124 valence electrons. The summed E-state index contributed by atoms with van der Waals surface area (Å²) in [5.74, 6) is 0.0592. The molecule has 1 saturated heterocycles. The van der Waals surface area contributed by atoms with E-state index in [4.69, 9.17) is 0 Å². The summed E-state index contributed by atoms with van der Waals surface area (Å²) in [7, 11) is 0. The monoisotopic (exact) mass is 323 g/mol. The highest BCUT2D eigenvalue weighted by atomic mass is 16.2. The smallest absolute Gasteiger partial charge is 0.253 e. The highest BCUT2D eigenvalue weighted by Gasteiger charge is 2.27. The lowest BCUT2D eigenvalue weighted by Crippen LogP contribution is -2.43. The molecule has 2 aromatic rings. The molecule has 0 radical (unpaired) electrons. The normalized spacial score (nSPS) is 15.1. The van der Waals surface area contributed by atoms with Crippen LogP contribution in [0.3, 0.4) is 0 Å². The van der Waals surface area contributed by atoms with Crippen LogP contribution in [0.4, 0.5) is 0 Å². The first-order valence-corrected chi connectivity index (χ1v) is 8.26. The van der Waals surface area contributed by atoms with E-state index in [0.29, 0.717) is 38.0 Å². The predicted octanol–water partition coefficient (Wildman–Crippen LogP) is 2.25. The van der Waals surface area contributed by atoms with Gasteiger partial charge in [-0.2, -0.15) is 0 Å². The fourth-order valence-corrected chi connectivity index (χ4v) is 2.93. The lowest BCUT2D eigenvalue weighted by Gasteiger charge is -2.31. The van der Waals surface area contributed by atoms with Gasteiger partial charge in [-0.15, -0.1) is 0 Å². The average Bonchev–Trinajstić information content (AvgIpc) is 2.67. The number of carbonyl (C=O) groups excluding carboxylic acids is 2. The molecule has 0 saturated carbocycles. The van der Waals surface area contributed by atoms with Crippen molar-refractivity contribution in [2.45, 2.75) is 19.4 Å². The van der Waals surface area contributed by atoms with E-state index in [-0.39, 0.29) is 17.7 Å². The van der Waals surface area contributed by atoms with Crippen molar-refractivity contribution < 1.29 is 9.59 Å². The van der Waals surface area contributed by atoms with Gasteiger partial charge in [-0.1, -0.05) is 24.3 Å². The largest absolute Gasteiger partial charge is 0.350 e. The number of piperidine rings is 1. The second-order valence-corrected chi connectivity index (χ2v) is 5.97. The Labute approximate surface area is 141 Å². The topological polar surface area (TPSA) is 62.3 Å². The molecule has 0 spiro atoms. The number of likely N-dealkylation sites (tertiary alicyclic amines) is 1. The van der Waals surface area contributed by atoms with Crippen molar-refractivity contribution in [2.75, 3.05) is 13.1 Å². The van der Waals surface area contributed by atoms with Crippen molar-refractivity contribution in [2.24, 2.45) is 5.92 Å². The minimum atomic E-state index is -0.0338. The van der Waals surface area contributed by atoms with Crippen LogP contribution in [0.2, 0.25) is 0 Å². The van der Waals surface area contributed by atoms with Gasteiger partial charge in [0.15, 0.2) is 0 Å².